The van der Waals surface area contributed by atoms with Crippen LogP contribution in [0.4, 0.5) is 5.69 Å². The van der Waals surface area contributed by atoms with Crippen LogP contribution < -0.4 is 10.5 Å². The monoisotopic (exact) mass is 372 g/mol. The van der Waals surface area contributed by atoms with Gasteiger partial charge in [-0.3, -0.25) is 4.79 Å². The van der Waals surface area contributed by atoms with E-state index in [0.717, 1.165) is 42.7 Å². The van der Waals surface area contributed by atoms with Crippen LogP contribution in [0.15, 0.2) is 27.4 Å². The number of benzene rings is 1. The highest BCUT2D eigenvalue weighted by Gasteiger charge is 2.14. The molecule has 1 heterocycles. The standard InChI is InChI=1S/C22H32N2O3/c1-6-24(7-2)17-10-12-19-16(3)20(22(26)27-21(19)15-17)13-11-18(25)9-8-14-23(4)5/h10,12,15H,6-9,11,13-14H2,1-5H3. The fourth-order valence-corrected chi connectivity index (χ4v) is 3.44. The van der Waals surface area contributed by atoms with Crippen LogP contribution in [0.1, 0.15) is 44.2 Å². The third-order valence-electron chi connectivity index (χ3n) is 5.11. The van der Waals surface area contributed by atoms with Gasteiger partial charge in [-0.2, -0.15) is 0 Å². The summed E-state index contributed by atoms with van der Waals surface area (Å²) in [5.74, 6) is 0.202. The molecule has 0 saturated carbocycles. The lowest BCUT2D eigenvalue weighted by molar-refractivity contribution is -0.119. The van der Waals surface area contributed by atoms with E-state index in [1.165, 1.54) is 0 Å². The van der Waals surface area contributed by atoms with E-state index in [2.05, 4.69) is 29.7 Å². The summed E-state index contributed by atoms with van der Waals surface area (Å²) in [5.41, 5.74) is 2.90. The highest BCUT2D eigenvalue weighted by atomic mass is 16.4. The Morgan fingerprint density at radius 3 is 2.44 bits per heavy atom. The van der Waals surface area contributed by atoms with Crippen molar-refractivity contribution < 1.29 is 9.21 Å². The zero-order valence-corrected chi connectivity index (χ0v) is 17.3. The molecule has 5 nitrogen and oxygen atoms in total. The van der Waals surface area contributed by atoms with Crippen LogP contribution in [-0.4, -0.2) is 44.4 Å². The molecule has 0 saturated heterocycles. The van der Waals surface area contributed by atoms with Gasteiger partial charge in [0.15, 0.2) is 0 Å². The third kappa shape index (κ3) is 5.42. The molecule has 27 heavy (non-hydrogen) atoms. The maximum Gasteiger partial charge on any atom is 0.339 e. The van der Waals surface area contributed by atoms with Gasteiger partial charge >= 0.3 is 5.63 Å². The van der Waals surface area contributed by atoms with E-state index in [1.807, 2.05) is 33.2 Å². The second-order valence-corrected chi connectivity index (χ2v) is 7.29. The number of aryl methyl sites for hydroxylation is 1. The maximum absolute atomic E-state index is 12.5. The van der Waals surface area contributed by atoms with Crippen LogP contribution in [0.5, 0.6) is 0 Å². The zero-order valence-electron chi connectivity index (χ0n) is 17.3. The molecule has 1 aromatic heterocycles. The quantitative estimate of drug-likeness (QED) is 0.594. The van der Waals surface area contributed by atoms with Gasteiger partial charge in [0.1, 0.15) is 11.4 Å². The normalized spacial score (nSPS) is 11.3. The number of hydrogen-bond acceptors (Lipinski definition) is 5. The van der Waals surface area contributed by atoms with Gasteiger partial charge in [-0.05, 0) is 71.9 Å². The molecule has 148 valence electrons. The van der Waals surface area contributed by atoms with E-state index in [1.54, 1.807) is 0 Å². The van der Waals surface area contributed by atoms with Crippen molar-refractivity contribution in [3.63, 3.8) is 0 Å². The lowest BCUT2D eigenvalue weighted by Gasteiger charge is -2.21. The van der Waals surface area contributed by atoms with Crippen molar-refractivity contribution >= 4 is 22.4 Å². The van der Waals surface area contributed by atoms with Crippen molar-refractivity contribution in [1.82, 2.24) is 4.90 Å². The van der Waals surface area contributed by atoms with Gasteiger partial charge in [-0.1, -0.05) is 0 Å². The SMILES string of the molecule is CCN(CC)c1ccc2c(C)c(CCC(=O)CCCN(C)C)c(=O)oc2c1. The summed E-state index contributed by atoms with van der Waals surface area (Å²) in [6.07, 6.45) is 2.25. The first-order valence-corrected chi connectivity index (χ1v) is 9.85. The number of fused-ring (bicyclic) bond motifs is 1. The Morgan fingerprint density at radius 2 is 1.81 bits per heavy atom. The Labute approximate surface area is 162 Å². The average molecular weight is 373 g/mol. The fraction of sp³-hybridized carbons (Fsp3) is 0.545. The van der Waals surface area contributed by atoms with Gasteiger partial charge in [-0.15, -0.1) is 0 Å². The molecular formula is C22H32N2O3. The Kier molecular flexibility index (Phi) is 7.60. The van der Waals surface area contributed by atoms with Gasteiger partial charge in [0.25, 0.3) is 0 Å². The fourth-order valence-electron chi connectivity index (χ4n) is 3.44. The molecule has 0 radical (unpaired) electrons. The molecule has 0 spiro atoms. The van der Waals surface area contributed by atoms with Crippen LogP contribution in [0.2, 0.25) is 0 Å². The number of rotatable bonds is 10. The Balaban J connectivity index is 2.17. The Hall–Kier alpha value is -2.14. The molecule has 0 amide bonds. The number of nitrogens with zero attached hydrogens (tertiary/aromatic N) is 2. The second-order valence-electron chi connectivity index (χ2n) is 7.29. The van der Waals surface area contributed by atoms with Gasteiger partial charge in [0.05, 0.1) is 0 Å². The van der Waals surface area contributed by atoms with E-state index in [9.17, 15) is 9.59 Å². The van der Waals surface area contributed by atoms with Crippen molar-refractivity contribution in [2.45, 2.75) is 46.5 Å². The molecule has 1 aromatic carbocycles. The minimum Gasteiger partial charge on any atom is -0.422 e. The summed E-state index contributed by atoms with van der Waals surface area (Å²) in [6, 6.07) is 6.02. The van der Waals surface area contributed by atoms with Crippen LogP contribution >= 0.6 is 0 Å². The highest BCUT2D eigenvalue weighted by molar-refractivity contribution is 5.84. The molecule has 5 heteroatoms. The number of ketones is 1. The maximum atomic E-state index is 12.5. The molecular weight excluding hydrogens is 340 g/mol. The molecule has 2 aromatic rings. The highest BCUT2D eigenvalue weighted by Crippen LogP contribution is 2.25. The summed E-state index contributed by atoms with van der Waals surface area (Å²) in [4.78, 5) is 28.9. The summed E-state index contributed by atoms with van der Waals surface area (Å²) < 4.78 is 5.60. The lowest BCUT2D eigenvalue weighted by Crippen LogP contribution is -2.21. The third-order valence-corrected chi connectivity index (χ3v) is 5.11. The minimum absolute atomic E-state index is 0.202. The number of carbonyl (C=O) groups excluding carboxylic acids is 1. The molecule has 0 N–H and O–H groups in total. The van der Waals surface area contributed by atoms with Crippen LogP contribution in [0, 0.1) is 6.92 Å². The molecule has 0 aliphatic heterocycles. The zero-order chi connectivity index (χ0) is 20.0. The topological polar surface area (TPSA) is 53.8 Å². The minimum atomic E-state index is -0.321. The van der Waals surface area contributed by atoms with E-state index < -0.39 is 0 Å². The van der Waals surface area contributed by atoms with Crippen LogP contribution in [-0.2, 0) is 11.2 Å². The van der Waals surface area contributed by atoms with E-state index in [-0.39, 0.29) is 11.4 Å². The molecule has 0 fully saturated rings. The Morgan fingerprint density at radius 1 is 1.11 bits per heavy atom. The summed E-state index contributed by atoms with van der Waals surface area (Å²) >= 11 is 0. The summed E-state index contributed by atoms with van der Waals surface area (Å²) in [7, 11) is 4.00. The first-order valence-electron chi connectivity index (χ1n) is 9.85. The largest absolute Gasteiger partial charge is 0.422 e. The smallest absolute Gasteiger partial charge is 0.339 e. The molecule has 0 unspecified atom stereocenters. The van der Waals surface area contributed by atoms with Crippen molar-refractivity contribution in [2.75, 3.05) is 38.6 Å². The molecule has 0 atom stereocenters. The van der Waals surface area contributed by atoms with Gasteiger partial charge in [0.2, 0.25) is 0 Å². The average Bonchev–Trinajstić information content (AvgIpc) is 2.62. The van der Waals surface area contributed by atoms with Gasteiger partial charge in [-0.25, -0.2) is 4.79 Å². The van der Waals surface area contributed by atoms with Crippen molar-refractivity contribution in [1.29, 1.82) is 0 Å². The van der Waals surface area contributed by atoms with Gasteiger partial charge in [0, 0.05) is 48.6 Å². The van der Waals surface area contributed by atoms with E-state index in [0.29, 0.717) is 30.4 Å². The number of hydrogen-bond donors (Lipinski definition) is 0. The molecule has 0 aliphatic carbocycles. The molecule has 2 rings (SSSR count). The van der Waals surface area contributed by atoms with Crippen molar-refractivity contribution in [3.8, 4) is 0 Å². The first-order chi connectivity index (χ1) is 12.9. The van der Waals surface area contributed by atoms with E-state index in [4.69, 9.17) is 4.42 Å². The Bertz CT molecular complexity index is 835. The van der Waals surface area contributed by atoms with Crippen LogP contribution in [0.3, 0.4) is 0 Å². The summed E-state index contributed by atoms with van der Waals surface area (Å²) in [5, 5.41) is 0.945. The molecule has 0 aliphatic rings. The predicted octanol–water partition coefficient (Wildman–Crippen LogP) is 3.79. The first kappa shape index (κ1) is 21.2. The molecule has 0 bridgehead atoms. The lowest BCUT2D eigenvalue weighted by atomic mass is 10.00. The summed E-state index contributed by atoms with van der Waals surface area (Å²) in [6.45, 7) is 8.86. The second kappa shape index (κ2) is 9.70. The van der Waals surface area contributed by atoms with Crippen molar-refractivity contribution in [2.24, 2.45) is 0 Å². The number of anilines is 1. The number of carbonyl (C=O) groups is 1. The van der Waals surface area contributed by atoms with Crippen LogP contribution in [0.25, 0.3) is 11.0 Å². The number of Topliss-reactive ketones (excluding diaryl/α,β-unsaturated/α-hetero) is 1. The van der Waals surface area contributed by atoms with Crippen molar-refractivity contribution in [3.05, 3.63) is 39.7 Å². The van der Waals surface area contributed by atoms with E-state index >= 15 is 0 Å². The van der Waals surface area contributed by atoms with Gasteiger partial charge < -0.3 is 14.2 Å². The predicted molar refractivity (Wildman–Crippen MR) is 112 cm³/mol.